The number of nitrogens with two attached hydrogens (primary N) is 2. The van der Waals surface area contributed by atoms with E-state index in [4.69, 9.17) is 38.0 Å². The van der Waals surface area contributed by atoms with Crippen LogP contribution in [0.5, 0.6) is 5.75 Å². The van der Waals surface area contributed by atoms with Crippen molar-refractivity contribution in [3.05, 3.63) is 93.5 Å². The van der Waals surface area contributed by atoms with Crippen LogP contribution in [0.2, 0.25) is 5.02 Å². The first-order valence-corrected chi connectivity index (χ1v) is 11.4. The van der Waals surface area contributed by atoms with Crippen molar-refractivity contribution < 1.29 is 23.0 Å². The van der Waals surface area contributed by atoms with Crippen molar-refractivity contribution in [1.29, 1.82) is 5.41 Å². The fourth-order valence-corrected chi connectivity index (χ4v) is 4.06. The summed E-state index contributed by atoms with van der Waals surface area (Å²) in [6.45, 7) is 1.80. The zero-order chi connectivity index (χ0) is 26.5. The Morgan fingerprint density at radius 3 is 2.32 bits per heavy atom. The number of hydrogen-bond donors (Lipinski definition) is 4. The van der Waals surface area contributed by atoms with Crippen LogP contribution in [0.25, 0.3) is 0 Å². The number of nitrogen functional groups attached to an aromatic ring is 1. The van der Waals surface area contributed by atoms with Crippen LogP contribution in [-0.2, 0) is 28.1 Å². The maximum absolute atomic E-state index is 15.2. The van der Waals surface area contributed by atoms with Crippen molar-refractivity contribution in [2.45, 2.75) is 25.5 Å². The minimum Gasteiger partial charge on any atom is -0.497 e. The molecule has 0 bridgehead atoms. The maximum Gasteiger partial charge on any atom is 0.254 e. The molecule has 3 aromatic rings. The summed E-state index contributed by atoms with van der Waals surface area (Å²) in [4.78, 5) is 12.8. The lowest BCUT2D eigenvalue weighted by Gasteiger charge is -2.32. The molecule has 0 aliphatic carbocycles. The summed E-state index contributed by atoms with van der Waals surface area (Å²) in [5, 5.41) is 11.2. The van der Waals surface area contributed by atoms with E-state index in [0.717, 1.165) is 6.07 Å². The van der Waals surface area contributed by atoms with Gasteiger partial charge in [-0.25, -0.2) is 8.78 Å². The van der Waals surface area contributed by atoms with E-state index in [-0.39, 0.29) is 54.2 Å². The summed E-state index contributed by atoms with van der Waals surface area (Å²) in [5.74, 6) is -2.03. The molecule has 3 rings (SSSR count). The van der Waals surface area contributed by atoms with Crippen LogP contribution in [0.1, 0.15) is 29.2 Å². The smallest absolute Gasteiger partial charge is 0.254 e. The predicted molar refractivity (Wildman–Crippen MR) is 143 cm³/mol. The summed E-state index contributed by atoms with van der Waals surface area (Å²) < 4.78 is 40.4. The highest BCUT2D eigenvalue weighted by molar-refractivity contribution is 6.30. The normalized spacial score (nSPS) is 12.2. The molecule has 0 aliphatic rings. The van der Waals surface area contributed by atoms with Crippen molar-refractivity contribution in [2.24, 2.45) is 11.5 Å². The van der Waals surface area contributed by atoms with Crippen molar-refractivity contribution in [3.63, 3.8) is 0 Å². The number of benzene rings is 3. The molecule has 6 N–H and O–H groups in total. The van der Waals surface area contributed by atoms with Gasteiger partial charge in [0.1, 0.15) is 23.2 Å². The molecule has 0 radical (unpaired) electrons. The van der Waals surface area contributed by atoms with E-state index in [1.807, 2.05) is 0 Å². The Bertz CT molecular complexity index is 1290. The van der Waals surface area contributed by atoms with Gasteiger partial charge in [0.05, 0.1) is 7.11 Å². The van der Waals surface area contributed by atoms with E-state index in [1.54, 1.807) is 37.3 Å². The van der Waals surface area contributed by atoms with Gasteiger partial charge in [0.2, 0.25) is 0 Å². The molecular formula is C26H28Cl2F2N4O3. The molecule has 3 aromatic carbocycles. The Kier molecular flexibility index (Phi) is 10.2. The lowest BCUT2D eigenvalue weighted by molar-refractivity contribution is -0.145. The lowest BCUT2D eigenvalue weighted by Crippen LogP contribution is -2.46. The fourth-order valence-electron chi connectivity index (χ4n) is 3.90. The number of amidine groups is 1. The summed E-state index contributed by atoms with van der Waals surface area (Å²) >= 11 is 5.84. The van der Waals surface area contributed by atoms with Gasteiger partial charge in [-0.05, 0) is 42.8 Å². The van der Waals surface area contributed by atoms with Gasteiger partial charge in [-0.1, -0.05) is 29.8 Å². The summed E-state index contributed by atoms with van der Waals surface area (Å²) in [6, 6.07) is 13.2. The Morgan fingerprint density at radius 1 is 1.05 bits per heavy atom. The second-order valence-corrected chi connectivity index (χ2v) is 8.46. The number of primary amides is 1. The van der Waals surface area contributed by atoms with E-state index < -0.39 is 23.1 Å². The summed E-state index contributed by atoms with van der Waals surface area (Å²) in [7, 11) is 1.40. The highest BCUT2D eigenvalue weighted by Crippen LogP contribution is 2.36. The quantitative estimate of drug-likeness (QED) is 0.199. The van der Waals surface area contributed by atoms with Gasteiger partial charge >= 0.3 is 0 Å². The number of carbonyl (C=O) groups is 1. The van der Waals surface area contributed by atoms with E-state index in [2.05, 4.69) is 5.32 Å². The van der Waals surface area contributed by atoms with Crippen LogP contribution in [-0.4, -0.2) is 25.5 Å². The van der Waals surface area contributed by atoms with Gasteiger partial charge in [0.15, 0.2) is 5.60 Å². The molecular weight excluding hydrogens is 525 g/mol. The second kappa shape index (κ2) is 12.7. The van der Waals surface area contributed by atoms with Gasteiger partial charge < -0.3 is 26.3 Å². The van der Waals surface area contributed by atoms with Crippen LogP contribution < -0.4 is 21.5 Å². The molecule has 0 spiro atoms. The number of amides is 1. The van der Waals surface area contributed by atoms with Crippen LogP contribution in [0.3, 0.4) is 0 Å². The van der Waals surface area contributed by atoms with E-state index in [9.17, 15) is 9.18 Å². The van der Waals surface area contributed by atoms with Crippen LogP contribution >= 0.6 is 24.0 Å². The number of rotatable bonds is 11. The predicted octanol–water partition coefficient (Wildman–Crippen LogP) is 4.90. The molecule has 198 valence electrons. The zero-order valence-corrected chi connectivity index (χ0v) is 21.8. The molecule has 37 heavy (non-hydrogen) atoms. The SMILES string of the molecule is CCOC(Cc1ccc(C(=N)N)cc1NCc1ccc(Cl)cc1F)(C(N)=O)c1ccc(OC)cc1F.Cl. The first-order chi connectivity index (χ1) is 17.1. The molecule has 11 heteroatoms. The largest absolute Gasteiger partial charge is 0.497 e. The Balaban J connectivity index is 0.00000481. The van der Waals surface area contributed by atoms with E-state index >= 15 is 4.39 Å². The van der Waals surface area contributed by atoms with Gasteiger partial charge in [-0.15, -0.1) is 12.4 Å². The van der Waals surface area contributed by atoms with Gasteiger partial charge in [0.25, 0.3) is 5.91 Å². The molecule has 0 fully saturated rings. The van der Waals surface area contributed by atoms with Gasteiger partial charge in [-0.3, -0.25) is 10.2 Å². The van der Waals surface area contributed by atoms with Crippen LogP contribution in [0.4, 0.5) is 14.5 Å². The summed E-state index contributed by atoms with van der Waals surface area (Å²) in [5.41, 5.74) is 11.2. The highest BCUT2D eigenvalue weighted by Gasteiger charge is 2.42. The van der Waals surface area contributed by atoms with Crippen molar-refractivity contribution in [3.8, 4) is 5.75 Å². The molecule has 0 heterocycles. The average molecular weight is 553 g/mol. The first-order valence-electron chi connectivity index (χ1n) is 11.0. The molecule has 1 unspecified atom stereocenters. The third kappa shape index (κ3) is 6.68. The number of ether oxygens (including phenoxy) is 2. The minimum atomic E-state index is -1.86. The lowest BCUT2D eigenvalue weighted by atomic mass is 9.84. The Labute approximate surface area is 225 Å². The Hall–Kier alpha value is -3.40. The monoisotopic (exact) mass is 552 g/mol. The molecule has 0 aliphatic heterocycles. The molecule has 1 atom stereocenters. The standard InChI is InChI=1S/C26H27ClF2N4O3.ClH/c1-3-36-26(25(32)34,20-9-8-19(35-2)12-22(20)29)13-16-5-4-15(24(30)31)10-23(16)33-14-17-6-7-18(27)11-21(17)28;/h4-12,33H,3,13-14H2,1-2H3,(H3,30,31)(H2,32,34);1H. The number of nitrogens with one attached hydrogen (secondary N) is 2. The fraction of sp³-hybridized carbons (Fsp3) is 0.231. The van der Waals surface area contributed by atoms with E-state index in [1.165, 1.54) is 25.3 Å². The molecule has 7 nitrogen and oxygen atoms in total. The average Bonchev–Trinajstić information content (AvgIpc) is 2.83. The molecule has 0 saturated carbocycles. The van der Waals surface area contributed by atoms with Crippen molar-refractivity contribution in [2.75, 3.05) is 19.0 Å². The summed E-state index contributed by atoms with van der Waals surface area (Å²) in [6.07, 6.45) is -0.150. The number of carbonyl (C=O) groups excluding carboxylic acids is 1. The van der Waals surface area contributed by atoms with Crippen molar-refractivity contribution >= 4 is 41.4 Å². The highest BCUT2D eigenvalue weighted by atomic mass is 35.5. The third-order valence-electron chi connectivity index (χ3n) is 5.74. The number of halogens is 4. The number of hydrogen-bond acceptors (Lipinski definition) is 5. The van der Waals surface area contributed by atoms with E-state index in [0.29, 0.717) is 22.4 Å². The number of anilines is 1. The molecule has 0 aromatic heterocycles. The zero-order valence-electron chi connectivity index (χ0n) is 20.2. The van der Waals surface area contributed by atoms with Crippen molar-refractivity contribution in [1.82, 2.24) is 0 Å². The number of methoxy groups -OCH3 is 1. The van der Waals surface area contributed by atoms with Gasteiger partial charge in [-0.2, -0.15) is 0 Å². The topological polar surface area (TPSA) is 123 Å². The molecule has 0 saturated heterocycles. The molecule has 1 amide bonds. The first kappa shape index (κ1) is 29.8. The second-order valence-electron chi connectivity index (χ2n) is 8.02. The van der Waals surface area contributed by atoms with Crippen LogP contribution in [0.15, 0.2) is 54.6 Å². The van der Waals surface area contributed by atoms with Crippen LogP contribution in [0, 0.1) is 17.0 Å². The Morgan fingerprint density at radius 2 is 1.76 bits per heavy atom. The third-order valence-corrected chi connectivity index (χ3v) is 5.98. The maximum atomic E-state index is 15.2. The minimum absolute atomic E-state index is 0. The van der Waals surface area contributed by atoms with Gasteiger partial charge in [0, 0.05) is 53.0 Å².